The molecule has 0 rings (SSSR count). The SMILES string of the molecule is O.O=C([O-])[O-].[OH-].[Zr]. The van der Waals surface area contributed by atoms with Crippen LogP contribution in [0.4, 0.5) is 4.79 Å². The minimum atomic E-state index is -2.33. The second-order valence-electron chi connectivity index (χ2n) is 0.250. The van der Waals surface area contributed by atoms with Crippen LogP contribution < -0.4 is 10.2 Å². The van der Waals surface area contributed by atoms with E-state index in [1.54, 1.807) is 0 Å². The van der Waals surface area contributed by atoms with Crippen LogP contribution >= 0.6 is 0 Å². The first-order chi connectivity index (χ1) is 1.73. The van der Waals surface area contributed by atoms with Crippen LogP contribution in [0, 0.1) is 0 Å². The number of rotatable bonds is 0. The molecule has 0 aromatic heterocycles. The quantitative estimate of drug-likeness (QED) is 0.390. The first kappa shape index (κ1) is 27.6. The minimum absolute atomic E-state index is 0. The molecular formula is CH3O5Zr-3. The Hall–Kier alpha value is 0.0731. The van der Waals surface area contributed by atoms with E-state index >= 15 is 0 Å². The molecule has 0 unspecified atom stereocenters. The van der Waals surface area contributed by atoms with Gasteiger partial charge in [0.2, 0.25) is 0 Å². The van der Waals surface area contributed by atoms with Gasteiger partial charge in [-0.2, -0.15) is 0 Å². The van der Waals surface area contributed by atoms with E-state index in [9.17, 15) is 0 Å². The fraction of sp³-hybridized carbons (Fsp3) is 0. The second kappa shape index (κ2) is 16.6. The molecule has 0 aromatic carbocycles. The van der Waals surface area contributed by atoms with Crippen molar-refractivity contribution < 1.29 is 52.2 Å². The van der Waals surface area contributed by atoms with Crippen molar-refractivity contribution in [3.05, 3.63) is 0 Å². The third-order valence-corrected chi connectivity index (χ3v) is 0. The summed E-state index contributed by atoms with van der Waals surface area (Å²) in [5.41, 5.74) is 0. The van der Waals surface area contributed by atoms with E-state index in [1.165, 1.54) is 0 Å². The zero-order valence-electron chi connectivity index (χ0n) is 3.17. The average Bonchev–Trinajstić information content (AvgIpc) is 0.811. The average molecular weight is 186 g/mol. The van der Waals surface area contributed by atoms with Crippen molar-refractivity contribution in [3.8, 4) is 0 Å². The van der Waals surface area contributed by atoms with Crippen LogP contribution in [0.25, 0.3) is 0 Å². The van der Waals surface area contributed by atoms with E-state index in [1.807, 2.05) is 0 Å². The largest absolute Gasteiger partial charge is 0.870 e. The van der Waals surface area contributed by atoms with E-state index in [0.29, 0.717) is 0 Å². The van der Waals surface area contributed by atoms with Crippen molar-refractivity contribution in [3.63, 3.8) is 0 Å². The van der Waals surface area contributed by atoms with Gasteiger partial charge in [-0.15, -0.1) is 0 Å². The van der Waals surface area contributed by atoms with Gasteiger partial charge < -0.3 is 26.0 Å². The van der Waals surface area contributed by atoms with Gasteiger partial charge in [-0.3, -0.25) is 0 Å². The molecule has 0 aliphatic carbocycles. The third kappa shape index (κ3) is 18800. The molecule has 5 nitrogen and oxygen atoms in total. The Bertz CT molecular complexity index is 31.1. The summed E-state index contributed by atoms with van der Waals surface area (Å²) in [6.07, 6.45) is -2.33. The molecule has 0 amide bonds. The van der Waals surface area contributed by atoms with Gasteiger partial charge in [-0.05, 0) is 6.16 Å². The van der Waals surface area contributed by atoms with Crippen molar-refractivity contribution in [2.24, 2.45) is 0 Å². The Labute approximate surface area is 58.7 Å². The molecule has 0 aliphatic rings. The molecule has 0 saturated heterocycles. The molecule has 0 radical (unpaired) electrons. The van der Waals surface area contributed by atoms with Crippen molar-refractivity contribution in [1.82, 2.24) is 0 Å². The molecule has 0 spiro atoms. The second-order valence-corrected chi connectivity index (χ2v) is 0.250. The van der Waals surface area contributed by atoms with Crippen LogP contribution in [0.15, 0.2) is 0 Å². The van der Waals surface area contributed by atoms with E-state index < -0.39 is 6.16 Å². The first-order valence-corrected chi connectivity index (χ1v) is 0.612. The molecular weight excluding hydrogens is 183 g/mol. The maximum absolute atomic E-state index is 8.33. The molecule has 7 heavy (non-hydrogen) atoms. The van der Waals surface area contributed by atoms with Crippen molar-refractivity contribution >= 4 is 6.16 Å². The number of carbonyl (C=O) groups excluding carboxylic acids is 1. The van der Waals surface area contributed by atoms with Gasteiger partial charge in [-0.25, -0.2) is 0 Å². The maximum Gasteiger partial charge on any atom is 0 e. The summed E-state index contributed by atoms with van der Waals surface area (Å²) in [4.78, 5) is 8.33. The monoisotopic (exact) mass is 185 g/mol. The van der Waals surface area contributed by atoms with Crippen LogP contribution in [0.1, 0.15) is 0 Å². The molecule has 0 aliphatic heterocycles. The summed E-state index contributed by atoms with van der Waals surface area (Å²) in [5, 5.41) is 16.7. The summed E-state index contributed by atoms with van der Waals surface area (Å²) in [7, 11) is 0. The molecule has 6 heteroatoms. The van der Waals surface area contributed by atoms with Crippen LogP contribution in [-0.2, 0) is 26.2 Å². The van der Waals surface area contributed by atoms with E-state index in [0.717, 1.165) is 0 Å². The zero-order chi connectivity index (χ0) is 3.58. The van der Waals surface area contributed by atoms with E-state index in [-0.39, 0.29) is 37.2 Å². The number of carboxylic acid groups (broad SMARTS) is 2. The van der Waals surface area contributed by atoms with Crippen LogP contribution in [0.2, 0.25) is 0 Å². The van der Waals surface area contributed by atoms with Gasteiger partial charge in [0, 0.05) is 26.2 Å². The van der Waals surface area contributed by atoms with E-state index in [2.05, 4.69) is 0 Å². The third-order valence-electron chi connectivity index (χ3n) is 0. The standard InChI is InChI=1S/CH2O3.2H2O.Zr/c2-1(3)4;;;/h(H2,2,3,4);2*1H2;/p-3. The summed E-state index contributed by atoms with van der Waals surface area (Å²) < 4.78 is 0. The summed E-state index contributed by atoms with van der Waals surface area (Å²) >= 11 is 0. The Morgan fingerprint density at radius 3 is 1.29 bits per heavy atom. The fourth-order valence-corrected chi connectivity index (χ4v) is 0. The van der Waals surface area contributed by atoms with Gasteiger partial charge in [0.15, 0.2) is 0 Å². The fourth-order valence-electron chi connectivity index (χ4n) is 0. The predicted octanol–water partition coefficient (Wildman–Crippen LogP) is -3.45. The number of carbonyl (C=O) groups is 1. The Morgan fingerprint density at radius 2 is 1.29 bits per heavy atom. The molecule has 0 bridgehead atoms. The Kier molecular flexibility index (Phi) is 65.3. The zero-order valence-corrected chi connectivity index (χ0v) is 5.63. The molecule has 0 heterocycles. The predicted molar refractivity (Wildman–Crippen MR) is 10.9 cm³/mol. The molecule has 0 aromatic rings. The van der Waals surface area contributed by atoms with E-state index in [4.69, 9.17) is 15.0 Å². The number of hydrogen-bond acceptors (Lipinski definition) is 4. The first-order valence-electron chi connectivity index (χ1n) is 0.612. The molecule has 0 fully saturated rings. The van der Waals surface area contributed by atoms with Crippen LogP contribution in [0.5, 0.6) is 0 Å². The van der Waals surface area contributed by atoms with Gasteiger partial charge in [0.25, 0.3) is 0 Å². The van der Waals surface area contributed by atoms with Crippen LogP contribution in [0.3, 0.4) is 0 Å². The Balaban J connectivity index is -0.0000000150. The smallest absolute Gasteiger partial charge is 0 e. The van der Waals surface area contributed by atoms with Crippen LogP contribution in [-0.4, -0.2) is 17.1 Å². The summed E-state index contributed by atoms with van der Waals surface area (Å²) in [6, 6.07) is 0. The number of hydrogen-bond donors (Lipinski definition) is 0. The van der Waals surface area contributed by atoms with Gasteiger partial charge >= 0.3 is 0 Å². The molecule has 44 valence electrons. The van der Waals surface area contributed by atoms with Crippen molar-refractivity contribution in [2.75, 3.05) is 0 Å². The molecule has 3 N–H and O–H groups in total. The van der Waals surface area contributed by atoms with Crippen molar-refractivity contribution in [1.29, 1.82) is 0 Å². The van der Waals surface area contributed by atoms with Gasteiger partial charge in [0.05, 0.1) is 0 Å². The van der Waals surface area contributed by atoms with Crippen molar-refractivity contribution in [2.45, 2.75) is 0 Å². The Morgan fingerprint density at radius 1 is 1.29 bits per heavy atom. The normalized spacial score (nSPS) is 3.43. The summed E-state index contributed by atoms with van der Waals surface area (Å²) in [6.45, 7) is 0. The van der Waals surface area contributed by atoms with Gasteiger partial charge in [-0.1, -0.05) is 0 Å². The molecule has 0 atom stereocenters. The van der Waals surface area contributed by atoms with Gasteiger partial charge in [0.1, 0.15) is 0 Å². The minimum Gasteiger partial charge on any atom is -0.870 e. The topological polar surface area (TPSA) is 125 Å². The maximum atomic E-state index is 8.33. The molecule has 0 saturated carbocycles. The summed E-state index contributed by atoms with van der Waals surface area (Å²) in [5.74, 6) is 0.